The molecule has 5 rings (SSSR count). The molecule has 2 saturated carbocycles. The van der Waals surface area contributed by atoms with Crippen molar-refractivity contribution in [2.24, 2.45) is 29.6 Å². The van der Waals surface area contributed by atoms with Crippen LogP contribution in [0.3, 0.4) is 0 Å². The fourth-order valence-corrected chi connectivity index (χ4v) is 8.21. The van der Waals surface area contributed by atoms with Crippen LogP contribution in [0.1, 0.15) is 85.5 Å². The molecule has 0 aromatic rings. The molecule has 5 fully saturated rings. The number of piperidine rings is 2. The Hall–Kier alpha value is -0.810. The Bertz CT molecular complexity index is 828. The lowest BCUT2D eigenvalue weighted by molar-refractivity contribution is -0.127. The van der Waals surface area contributed by atoms with Gasteiger partial charge in [-0.15, -0.1) is 0 Å². The first kappa shape index (κ1) is 31.6. The molecule has 5 aliphatic rings. The summed E-state index contributed by atoms with van der Waals surface area (Å²) in [6, 6.07) is 1.31. The van der Waals surface area contributed by atoms with Gasteiger partial charge in [-0.2, -0.15) is 0 Å². The fraction of sp³-hybridized carbons (Fsp3) is 0.969. The van der Waals surface area contributed by atoms with Gasteiger partial charge in [-0.25, -0.2) is 0 Å². The van der Waals surface area contributed by atoms with Crippen LogP contribution in [0.2, 0.25) is 0 Å². The lowest BCUT2D eigenvalue weighted by Gasteiger charge is -2.47. The maximum Gasteiger partial charge on any atom is 0.223 e. The van der Waals surface area contributed by atoms with E-state index < -0.39 is 6.10 Å². The lowest BCUT2D eigenvalue weighted by Crippen LogP contribution is -2.58. The number of hydrogen-bond acceptors (Lipinski definition) is 8. The van der Waals surface area contributed by atoms with Crippen LogP contribution in [-0.2, 0) is 14.3 Å². The smallest absolute Gasteiger partial charge is 0.223 e. The van der Waals surface area contributed by atoms with E-state index in [1.807, 2.05) is 0 Å². The third-order valence-electron chi connectivity index (χ3n) is 10.9. The first-order valence-corrected chi connectivity index (χ1v) is 16.9. The minimum atomic E-state index is -0.535. The number of amides is 1. The third-order valence-corrected chi connectivity index (χ3v) is 10.9. The van der Waals surface area contributed by atoms with Gasteiger partial charge in [0.25, 0.3) is 0 Å². The van der Waals surface area contributed by atoms with Crippen molar-refractivity contribution < 1.29 is 19.4 Å². The van der Waals surface area contributed by atoms with Gasteiger partial charge < -0.3 is 24.8 Å². The van der Waals surface area contributed by atoms with Gasteiger partial charge in [0.05, 0.1) is 37.8 Å². The van der Waals surface area contributed by atoms with Gasteiger partial charge in [-0.05, 0) is 88.5 Å². The summed E-state index contributed by atoms with van der Waals surface area (Å²) in [4.78, 5) is 15.7. The van der Waals surface area contributed by atoms with Gasteiger partial charge in [0.15, 0.2) is 0 Å². The first-order chi connectivity index (χ1) is 19.7. The summed E-state index contributed by atoms with van der Waals surface area (Å²) in [5, 5.41) is 24.9. The van der Waals surface area contributed by atoms with Crippen LogP contribution in [0.25, 0.3) is 0 Å². The third kappa shape index (κ3) is 8.64. The van der Waals surface area contributed by atoms with Crippen molar-refractivity contribution in [2.75, 3.05) is 39.5 Å². The molecule has 3 saturated heterocycles. The molecule has 0 bridgehead atoms. The summed E-state index contributed by atoms with van der Waals surface area (Å²) in [6.07, 6.45) is 10.2. The standard InChI is InChI=1S/C32H59N5O4/c1-20(2)12-26-13-24(14-31(36-26)35-25-6-5-7-25)32(39)33-15-27(38)17-37-11-10-28-21(3)29(9-8-23(28)16-37)40-18-30-22(4)34-19-41-30/h20-31,34-36,38H,5-19H2,1-4H3,(H,33,39)/t21?,22?,23?,24?,26?,27-,28?,29?,30?,31?/m0/s1. The Labute approximate surface area is 248 Å². The number of likely N-dealkylation sites (tertiary alicyclic amines) is 1. The average molecular weight is 578 g/mol. The number of aliphatic hydroxyl groups is 1. The number of carbonyl (C=O) groups excluding carboxylic acids is 1. The lowest BCUT2D eigenvalue weighted by atomic mass is 9.68. The van der Waals surface area contributed by atoms with E-state index in [-0.39, 0.29) is 24.1 Å². The van der Waals surface area contributed by atoms with Gasteiger partial charge >= 0.3 is 0 Å². The molecule has 10 atom stereocenters. The first-order valence-electron chi connectivity index (χ1n) is 16.9. The Morgan fingerprint density at radius 3 is 2.68 bits per heavy atom. The van der Waals surface area contributed by atoms with E-state index in [0.717, 1.165) is 45.2 Å². The van der Waals surface area contributed by atoms with E-state index in [1.54, 1.807) is 0 Å². The number of fused-ring (bicyclic) bond motifs is 1. The molecule has 41 heavy (non-hydrogen) atoms. The van der Waals surface area contributed by atoms with Gasteiger partial charge in [-0.3, -0.25) is 20.7 Å². The minimum Gasteiger partial charge on any atom is -0.390 e. The normalized spacial score (nSPS) is 39.3. The number of carbonyl (C=O) groups is 1. The summed E-state index contributed by atoms with van der Waals surface area (Å²) in [5.41, 5.74) is 0. The van der Waals surface area contributed by atoms with Gasteiger partial charge in [0.2, 0.25) is 5.91 Å². The van der Waals surface area contributed by atoms with E-state index in [1.165, 1.54) is 25.7 Å². The van der Waals surface area contributed by atoms with Crippen molar-refractivity contribution >= 4 is 5.91 Å². The van der Waals surface area contributed by atoms with Crippen LogP contribution in [0.5, 0.6) is 0 Å². The highest BCUT2D eigenvalue weighted by molar-refractivity contribution is 5.78. The number of rotatable bonds is 12. The van der Waals surface area contributed by atoms with Crippen molar-refractivity contribution in [3.05, 3.63) is 0 Å². The minimum absolute atomic E-state index is 0.000816. The number of nitrogens with one attached hydrogen (secondary N) is 4. The molecule has 1 amide bonds. The second-order valence-electron chi connectivity index (χ2n) is 14.5. The number of hydrogen-bond donors (Lipinski definition) is 5. The number of β-amino-alcohol motifs (C(OH)–C–C–N with tert-alkyl or cyclic N) is 1. The molecule has 9 unspecified atom stereocenters. The molecule has 9 nitrogen and oxygen atoms in total. The quantitative estimate of drug-likeness (QED) is 0.241. The molecule has 3 heterocycles. The molecular weight excluding hydrogens is 518 g/mol. The van der Waals surface area contributed by atoms with Crippen LogP contribution in [0, 0.1) is 29.6 Å². The number of aliphatic hydroxyl groups excluding tert-OH is 1. The summed E-state index contributed by atoms with van der Waals surface area (Å²) in [7, 11) is 0. The molecule has 0 radical (unpaired) electrons. The summed E-state index contributed by atoms with van der Waals surface area (Å²) >= 11 is 0. The van der Waals surface area contributed by atoms with Gasteiger partial charge in [0, 0.05) is 43.7 Å². The Kier molecular flexibility index (Phi) is 11.4. The largest absolute Gasteiger partial charge is 0.390 e. The van der Waals surface area contributed by atoms with E-state index >= 15 is 0 Å². The van der Waals surface area contributed by atoms with Crippen LogP contribution < -0.4 is 21.3 Å². The van der Waals surface area contributed by atoms with Crippen LogP contribution in [0.4, 0.5) is 0 Å². The van der Waals surface area contributed by atoms with Crippen molar-refractivity contribution in [1.82, 2.24) is 26.2 Å². The van der Waals surface area contributed by atoms with E-state index in [9.17, 15) is 9.90 Å². The fourth-order valence-electron chi connectivity index (χ4n) is 8.21. The monoisotopic (exact) mass is 577 g/mol. The molecule has 0 aromatic carbocycles. The summed E-state index contributed by atoms with van der Waals surface area (Å²) in [6.45, 7) is 13.4. The van der Waals surface area contributed by atoms with Crippen LogP contribution in [-0.4, -0.2) is 98.0 Å². The van der Waals surface area contributed by atoms with Gasteiger partial charge in [0.1, 0.15) is 0 Å². The van der Waals surface area contributed by atoms with Crippen LogP contribution in [0.15, 0.2) is 0 Å². The molecule has 5 N–H and O–H groups in total. The number of nitrogens with zero attached hydrogens (tertiary/aromatic N) is 1. The van der Waals surface area contributed by atoms with E-state index in [2.05, 4.69) is 53.9 Å². The summed E-state index contributed by atoms with van der Waals surface area (Å²) < 4.78 is 12.1. The van der Waals surface area contributed by atoms with Crippen molar-refractivity contribution in [3.63, 3.8) is 0 Å². The second kappa shape index (κ2) is 14.8. The summed E-state index contributed by atoms with van der Waals surface area (Å²) in [5.74, 6) is 2.61. The predicted molar refractivity (Wildman–Crippen MR) is 161 cm³/mol. The van der Waals surface area contributed by atoms with Crippen molar-refractivity contribution in [1.29, 1.82) is 0 Å². The van der Waals surface area contributed by atoms with Crippen LogP contribution >= 0.6 is 0 Å². The molecule has 2 aliphatic carbocycles. The zero-order chi connectivity index (χ0) is 28.9. The Morgan fingerprint density at radius 1 is 1.15 bits per heavy atom. The molecule has 0 aromatic heterocycles. The average Bonchev–Trinajstić information content (AvgIpc) is 3.33. The Morgan fingerprint density at radius 2 is 1.98 bits per heavy atom. The number of ether oxygens (including phenoxy) is 2. The predicted octanol–water partition coefficient (Wildman–Crippen LogP) is 2.43. The highest BCUT2D eigenvalue weighted by atomic mass is 16.5. The molecule has 236 valence electrons. The topological polar surface area (TPSA) is 107 Å². The molecule has 9 heteroatoms. The van der Waals surface area contributed by atoms with E-state index in [0.29, 0.717) is 74.3 Å². The van der Waals surface area contributed by atoms with Crippen molar-refractivity contribution in [2.45, 2.75) is 128 Å². The zero-order valence-electron chi connectivity index (χ0n) is 26.2. The highest BCUT2D eigenvalue weighted by Crippen LogP contribution is 2.41. The molecule has 3 aliphatic heterocycles. The second-order valence-corrected chi connectivity index (χ2v) is 14.5. The van der Waals surface area contributed by atoms with Gasteiger partial charge in [-0.1, -0.05) is 27.2 Å². The SMILES string of the molecule is CC(C)CC1CC(C(=O)NC[C@H](O)CN2CCC3C(CCC(OCC4OCNC4C)C3C)C2)CC(NC2CCC2)N1. The maximum atomic E-state index is 13.2. The van der Waals surface area contributed by atoms with Crippen molar-refractivity contribution in [3.8, 4) is 0 Å². The molecule has 0 spiro atoms. The maximum absolute atomic E-state index is 13.2. The van der Waals surface area contributed by atoms with E-state index in [4.69, 9.17) is 9.47 Å². The molecular formula is C32H59N5O4. The Balaban J connectivity index is 1.03. The zero-order valence-corrected chi connectivity index (χ0v) is 26.2. The highest BCUT2D eigenvalue weighted by Gasteiger charge is 2.41.